The summed E-state index contributed by atoms with van der Waals surface area (Å²) in [5, 5.41) is 2.66. The zero-order valence-electron chi connectivity index (χ0n) is 21.4. The topological polar surface area (TPSA) is 8.17 Å². The van der Waals surface area contributed by atoms with E-state index in [2.05, 4.69) is 139 Å². The van der Waals surface area contributed by atoms with Crippen LogP contribution in [0, 0.1) is 0 Å². The first-order valence-electron chi connectivity index (χ1n) is 13.5. The van der Waals surface area contributed by atoms with Gasteiger partial charge in [0.2, 0.25) is 6.71 Å². The third-order valence-corrected chi connectivity index (χ3v) is 9.18. The maximum absolute atomic E-state index is 2.60. The molecule has 5 aromatic carbocycles. The van der Waals surface area contributed by atoms with Crippen molar-refractivity contribution in [2.45, 2.75) is 19.3 Å². The van der Waals surface area contributed by atoms with Crippen molar-refractivity contribution >= 4 is 62.2 Å². The van der Waals surface area contributed by atoms with Crippen LogP contribution in [0.4, 0.5) is 17.1 Å². The van der Waals surface area contributed by atoms with Crippen molar-refractivity contribution in [3.63, 3.8) is 0 Å². The van der Waals surface area contributed by atoms with E-state index in [1.165, 1.54) is 72.1 Å². The van der Waals surface area contributed by atoms with E-state index < -0.39 is 0 Å². The molecule has 0 atom stereocenters. The quantitative estimate of drug-likeness (QED) is 0.223. The molecule has 6 aromatic rings. The summed E-state index contributed by atoms with van der Waals surface area (Å²) in [5.41, 5.74) is 14.8. The Morgan fingerprint density at radius 3 is 2.26 bits per heavy atom. The maximum Gasteiger partial charge on any atom is 0.248 e. The van der Waals surface area contributed by atoms with Crippen LogP contribution in [0.3, 0.4) is 0 Å². The van der Waals surface area contributed by atoms with Gasteiger partial charge in [0.15, 0.2) is 0 Å². The van der Waals surface area contributed by atoms with Gasteiger partial charge in [0.05, 0.1) is 11.0 Å². The number of benzene rings is 5. The Kier molecular flexibility index (Phi) is 3.72. The number of anilines is 3. The van der Waals surface area contributed by atoms with Crippen LogP contribution in [0.1, 0.15) is 25.0 Å². The molecule has 2 nitrogen and oxygen atoms in total. The van der Waals surface area contributed by atoms with Crippen molar-refractivity contribution < 1.29 is 0 Å². The Labute approximate surface area is 222 Å². The Morgan fingerprint density at radius 1 is 0.632 bits per heavy atom. The van der Waals surface area contributed by atoms with Gasteiger partial charge in [-0.05, 0) is 46.8 Å². The molecule has 3 aliphatic rings. The highest BCUT2D eigenvalue weighted by Crippen LogP contribution is 2.53. The first-order chi connectivity index (χ1) is 18.7. The molecule has 1 aromatic heterocycles. The molecule has 0 N–H and O–H groups in total. The highest BCUT2D eigenvalue weighted by atomic mass is 15.2. The minimum atomic E-state index is -0.0961. The van der Waals surface area contributed by atoms with Crippen molar-refractivity contribution in [3.8, 4) is 0 Å². The SMILES string of the molecule is CC1(C)C2=C(c3ccccc31)n1c3ccccc3c3ccc4c(c31)B2c1ccccc1N4c1ccccc1. The van der Waals surface area contributed by atoms with E-state index in [4.69, 9.17) is 0 Å². The lowest BCUT2D eigenvalue weighted by molar-refractivity contribution is 0.665. The number of aromatic nitrogens is 1. The highest BCUT2D eigenvalue weighted by molar-refractivity contribution is 6.96. The predicted molar refractivity (Wildman–Crippen MR) is 161 cm³/mol. The monoisotopic (exact) mass is 484 g/mol. The zero-order valence-corrected chi connectivity index (χ0v) is 21.4. The van der Waals surface area contributed by atoms with Gasteiger partial charge in [-0.15, -0.1) is 0 Å². The van der Waals surface area contributed by atoms with E-state index in [0.29, 0.717) is 0 Å². The van der Waals surface area contributed by atoms with Crippen molar-refractivity contribution in [2.24, 2.45) is 0 Å². The molecule has 2 aliphatic heterocycles. The van der Waals surface area contributed by atoms with Crippen molar-refractivity contribution in [1.82, 2.24) is 4.57 Å². The first kappa shape index (κ1) is 20.5. The first-order valence-corrected chi connectivity index (χ1v) is 13.5. The van der Waals surface area contributed by atoms with Crippen molar-refractivity contribution in [2.75, 3.05) is 4.90 Å². The fraction of sp³-hybridized carbons (Fsp3) is 0.0857. The molecule has 0 saturated heterocycles. The van der Waals surface area contributed by atoms with E-state index in [1.807, 2.05) is 0 Å². The van der Waals surface area contributed by atoms with Gasteiger partial charge in [-0.2, -0.15) is 0 Å². The van der Waals surface area contributed by atoms with Crippen LogP contribution in [-0.4, -0.2) is 11.3 Å². The Hall–Kier alpha value is -4.50. The second-order valence-corrected chi connectivity index (χ2v) is 11.3. The number of para-hydroxylation sites is 3. The number of hydrogen-bond acceptors (Lipinski definition) is 1. The van der Waals surface area contributed by atoms with Crippen LogP contribution in [0.25, 0.3) is 27.5 Å². The third-order valence-electron chi connectivity index (χ3n) is 9.18. The molecular weight excluding hydrogens is 459 g/mol. The van der Waals surface area contributed by atoms with Crippen LogP contribution in [0.5, 0.6) is 0 Å². The second-order valence-electron chi connectivity index (χ2n) is 11.3. The number of rotatable bonds is 1. The van der Waals surface area contributed by atoms with E-state index in [-0.39, 0.29) is 12.1 Å². The lowest BCUT2D eigenvalue weighted by Crippen LogP contribution is -2.56. The van der Waals surface area contributed by atoms with Crippen LogP contribution in [-0.2, 0) is 5.41 Å². The molecule has 0 radical (unpaired) electrons. The zero-order chi connectivity index (χ0) is 25.2. The molecule has 178 valence electrons. The van der Waals surface area contributed by atoms with E-state index in [0.717, 1.165) is 0 Å². The molecule has 0 amide bonds. The normalized spacial score (nSPS) is 16.2. The summed E-state index contributed by atoms with van der Waals surface area (Å²) in [6, 6.07) is 42.6. The number of allylic oxidation sites excluding steroid dienone is 1. The van der Waals surface area contributed by atoms with Crippen molar-refractivity contribution in [1.29, 1.82) is 0 Å². The minimum Gasteiger partial charge on any atom is -0.311 e. The Balaban J connectivity index is 1.52. The molecule has 0 bridgehead atoms. The largest absolute Gasteiger partial charge is 0.311 e. The lowest BCUT2D eigenvalue weighted by Gasteiger charge is -2.42. The molecule has 3 heterocycles. The van der Waals surface area contributed by atoms with E-state index >= 15 is 0 Å². The van der Waals surface area contributed by atoms with Crippen LogP contribution >= 0.6 is 0 Å². The molecule has 0 spiro atoms. The highest BCUT2D eigenvalue weighted by Gasteiger charge is 2.51. The fourth-order valence-corrected chi connectivity index (χ4v) is 7.72. The summed E-state index contributed by atoms with van der Waals surface area (Å²) >= 11 is 0. The molecular formula is C35H25BN2. The molecule has 0 fully saturated rings. The standard InChI is InChI=1S/C35H25BN2/c1-35(2)26-16-8-6-15-25(26)33-34(35)36-27-17-9-11-19-29(27)37(22-12-4-3-5-13-22)30-21-20-24-23-14-7-10-18-28(23)38(33)32(24)31(30)36/h3-21H,1-2H3. The van der Waals surface area contributed by atoms with Gasteiger partial charge < -0.3 is 9.47 Å². The second kappa shape index (κ2) is 6.87. The average molecular weight is 484 g/mol. The molecule has 9 rings (SSSR count). The molecule has 0 unspecified atom stereocenters. The number of nitrogens with zero attached hydrogens (tertiary/aromatic N) is 2. The minimum absolute atomic E-state index is 0.0961. The van der Waals surface area contributed by atoms with Gasteiger partial charge >= 0.3 is 0 Å². The lowest BCUT2D eigenvalue weighted by atomic mass is 9.30. The third kappa shape index (κ3) is 2.28. The smallest absolute Gasteiger partial charge is 0.248 e. The molecule has 3 heteroatoms. The fourth-order valence-electron chi connectivity index (χ4n) is 7.72. The summed E-state index contributed by atoms with van der Waals surface area (Å²) in [6.45, 7) is 5.05. The predicted octanol–water partition coefficient (Wildman–Crippen LogP) is 7.29. The number of fused-ring (bicyclic) bond motifs is 9. The molecule has 38 heavy (non-hydrogen) atoms. The number of hydrogen-bond donors (Lipinski definition) is 0. The summed E-state index contributed by atoms with van der Waals surface area (Å²) in [5.74, 6) is 0. The van der Waals surface area contributed by atoms with Crippen molar-refractivity contribution in [3.05, 3.63) is 132 Å². The molecule has 0 saturated carbocycles. The summed E-state index contributed by atoms with van der Waals surface area (Å²) < 4.78 is 2.60. The van der Waals surface area contributed by atoms with Crippen LogP contribution in [0.2, 0.25) is 0 Å². The van der Waals surface area contributed by atoms with Gasteiger partial charge in [-0.25, -0.2) is 0 Å². The Morgan fingerprint density at radius 2 is 1.37 bits per heavy atom. The molecule has 1 aliphatic carbocycles. The van der Waals surface area contributed by atoms with Gasteiger partial charge in [-0.1, -0.05) is 104 Å². The van der Waals surface area contributed by atoms with Gasteiger partial charge in [0, 0.05) is 44.5 Å². The average Bonchev–Trinajstić information content (AvgIpc) is 3.42. The maximum atomic E-state index is 2.60. The Bertz CT molecular complexity index is 2010. The van der Waals surface area contributed by atoms with E-state index in [1.54, 1.807) is 0 Å². The summed E-state index contributed by atoms with van der Waals surface area (Å²) in [7, 11) is 0. The summed E-state index contributed by atoms with van der Waals surface area (Å²) in [4.78, 5) is 2.48. The van der Waals surface area contributed by atoms with Crippen LogP contribution < -0.4 is 15.8 Å². The van der Waals surface area contributed by atoms with Gasteiger partial charge in [0.25, 0.3) is 0 Å². The van der Waals surface area contributed by atoms with Gasteiger partial charge in [-0.3, -0.25) is 0 Å². The summed E-state index contributed by atoms with van der Waals surface area (Å²) in [6.07, 6.45) is 0. The van der Waals surface area contributed by atoms with Crippen LogP contribution in [0.15, 0.2) is 121 Å². The van der Waals surface area contributed by atoms with Gasteiger partial charge in [0.1, 0.15) is 0 Å². The van der Waals surface area contributed by atoms with E-state index in [9.17, 15) is 0 Å².